The first-order valence-electron chi connectivity index (χ1n) is 9.76. The van der Waals surface area contributed by atoms with Crippen molar-refractivity contribution in [3.63, 3.8) is 0 Å². The van der Waals surface area contributed by atoms with E-state index >= 15 is 0 Å². The summed E-state index contributed by atoms with van der Waals surface area (Å²) in [6, 6.07) is 12.4. The van der Waals surface area contributed by atoms with E-state index in [2.05, 4.69) is 23.2 Å². The summed E-state index contributed by atoms with van der Waals surface area (Å²) in [4.78, 5) is 13.8. The minimum atomic E-state index is -0.152. The smallest absolute Gasteiger partial charge is 0.262 e. The fraction of sp³-hybridized carbons (Fsp3) is 0.364. The number of hydrogen-bond acceptors (Lipinski definition) is 6. The number of amides is 1. The zero-order valence-corrected chi connectivity index (χ0v) is 19.4. The molecule has 30 heavy (non-hydrogen) atoms. The molecular weight excluding hydrogens is 461 g/mol. The molecule has 7 nitrogen and oxygen atoms in total. The number of nitrogens with zero attached hydrogens (tertiary/aromatic N) is 1. The maximum atomic E-state index is 11.5. The number of carbonyl (C=O) groups excluding carboxylic acids is 1. The van der Waals surface area contributed by atoms with Gasteiger partial charge in [0.2, 0.25) is 0 Å². The number of hydrogen-bond donors (Lipinski definition) is 1. The second kappa shape index (κ2) is 9.04. The molecule has 5 rings (SSSR count). The molecule has 2 aromatic rings. The number of benzene rings is 2. The zero-order chi connectivity index (χ0) is 19.8. The summed E-state index contributed by atoms with van der Waals surface area (Å²) in [5.74, 6) is 2.60. The molecule has 2 atom stereocenters. The molecule has 1 saturated heterocycles. The van der Waals surface area contributed by atoms with Crippen molar-refractivity contribution in [2.75, 3.05) is 38.2 Å². The Kier molecular flexibility index (Phi) is 6.41. The van der Waals surface area contributed by atoms with Crippen LogP contribution in [0.1, 0.15) is 12.0 Å². The van der Waals surface area contributed by atoms with Gasteiger partial charge in [0.15, 0.2) is 6.61 Å². The molecule has 0 saturated carbocycles. The van der Waals surface area contributed by atoms with Gasteiger partial charge in [-0.25, -0.2) is 0 Å². The van der Waals surface area contributed by atoms with E-state index in [0.717, 1.165) is 43.1 Å². The Morgan fingerprint density at radius 2 is 2.10 bits per heavy atom. The average Bonchev–Trinajstić information content (AvgIpc) is 3.14. The zero-order valence-electron chi connectivity index (χ0n) is 16.6. The molecule has 3 aliphatic rings. The van der Waals surface area contributed by atoms with Crippen molar-refractivity contribution in [1.29, 1.82) is 0 Å². The third-order valence-electron chi connectivity index (χ3n) is 5.22. The first kappa shape index (κ1) is 21.3. The normalized spacial score (nSPS) is 22.3. The molecule has 2 aromatic carbocycles. The van der Waals surface area contributed by atoms with Gasteiger partial charge >= 0.3 is 0 Å². The van der Waals surface area contributed by atoms with Crippen molar-refractivity contribution in [2.45, 2.75) is 18.6 Å². The van der Waals surface area contributed by atoms with Crippen molar-refractivity contribution in [1.82, 2.24) is 4.90 Å². The molecule has 0 aromatic heterocycles. The molecule has 3 heterocycles. The standard InChI is InChI=1S/C22H22N2O5.Y/c1-14-2-4-20-21(8-14)29-17(12-26-20)11-24-7-6-16(10-24)28-15-3-5-19-18(9-15)23-22(25)13-27-19;/h2-5,9,16-17H,1,6-7,10-13H2,(H,23,25);/q-2;/t16-,17+;/m1./s1. The van der Waals surface area contributed by atoms with Crippen molar-refractivity contribution < 1.29 is 56.5 Å². The summed E-state index contributed by atoms with van der Waals surface area (Å²) in [6.45, 7) is 6.97. The van der Waals surface area contributed by atoms with Gasteiger partial charge < -0.3 is 42.8 Å². The van der Waals surface area contributed by atoms with Gasteiger partial charge in [-0.1, -0.05) is 0 Å². The number of rotatable bonds is 4. The molecule has 8 heteroatoms. The number of anilines is 1. The van der Waals surface area contributed by atoms with Gasteiger partial charge in [-0.15, -0.1) is 6.07 Å². The molecule has 3 aliphatic heterocycles. The van der Waals surface area contributed by atoms with Gasteiger partial charge in [0.25, 0.3) is 5.91 Å². The van der Waals surface area contributed by atoms with E-state index < -0.39 is 0 Å². The van der Waals surface area contributed by atoms with E-state index in [9.17, 15) is 4.79 Å². The SMILES string of the molecule is [CH2-]c1[c-]c2c(cc1)OC[C@H](CN1CC[C@@H](Oc3ccc4c(c3)NC(=O)CO4)C1)O2.[Y]. The van der Waals surface area contributed by atoms with Gasteiger partial charge in [-0.05, 0) is 18.6 Å². The second-order valence-corrected chi connectivity index (χ2v) is 7.51. The molecule has 0 spiro atoms. The Bertz CT molecular complexity index is 938. The molecule has 1 amide bonds. The van der Waals surface area contributed by atoms with Gasteiger partial charge in [0, 0.05) is 64.2 Å². The van der Waals surface area contributed by atoms with Crippen LogP contribution in [0.3, 0.4) is 0 Å². The van der Waals surface area contributed by atoms with Crippen LogP contribution in [0.4, 0.5) is 5.69 Å². The van der Waals surface area contributed by atoms with Crippen LogP contribution < -0.4 is 24.3 Å². The first-order valence-corrected chi connectivity index (χ1v) is 9.76. The van der Waals surface area contributed by atoms with Gasteiger partial charge in [-0.3, -0.25) is 15.8 Å². The van der Waals surface area contributed by atoms with Crippen LogP contribution in [-0.2, 0) is 37.5 Å². The van der Waals surface area contributed by atoms with Crippen LogP contribution in [0.25, 0.3) is 0 Å². The summed E-state index contributed by atoms with van der Waals surface area (Å²) in [6.07, 6.45) is 0.970. The Hall–Kier alpha value is -1.96. The van der Waals surface area contributed by atoms with E-state index in [1.807, 2.05) is 30.3 Å². The number of likely N-dealkylation sites (tertiary alicyclic amines) is 1. The van der Waals surface area contributed by atoms with Crippen molar-refractivity contribution >= 4 is 11.6 Å². The van der Waals surface area contributed by atoms with Gasteiger partial charge in [0.1, 0.15) is 36.1 Å². The Labute approximate surface area is 200 Å². The topological polar surface area (TPSA) is 69.3 Å². The van der Waals surface area contributed by atoms with E-state index in [0.29, 0.717) is 23.8 Å². The predicted molar refractivity (Wildman–Crippen MR) is 106 cm³/mol. The summed E-state index contributed by atoms with van der Waals surface area (Å²) in [5, 5.41) is 2.81. The summed E-state index contributed by atoms with van der Waals surface area (Å²) in [7, 11) is 0. The largest absolute Gasteiger partial charge is 0.508 e. The van der Waals surface area contributed by atoms with E-state index in [1.54, 1.807) is 0 Å². The van der Waals surface area contributed by atoms with Crippen molar-refractivity contribution in [2.24, 2.45) is 0 Å². The number of nitrogens with one attached hydrogen (secondary N) is 1. The summed E-state index contributed by atoms with van der Waals surface area (Å²) >= 11 is 0. The maximum absolute atomic E-state index is 11.5. The van der Waals surface area contributed by atoms with Crippen LogP contribution in [0.5, 0.6) is 23.0 Å². The molecule has 0 aliphatic carbocycles. The van der Waals surface area contributed by atoms with E-state index in [4.69, 9.17) is 18.9 Å². The van der Waals surface area contributed by atoms with Crippen LogP contribution in [0.15, 0.2) is 30.3 Å². The van der Waals surface area contributed by atoms with Crippen molar-refractivity contribution in [3.05, 3.63) is 48.9 Å². The molecule has 0 unspecified atom stereocenters. The second-order valence-electron chi connectivity index (χ2n) is 7.51. The minimum absolute atomic E-state index is 0. The monoisotopic (exact) mass is 483 g/mol. The molecule has 1 fully saturated rings. The Morgan fingerprint density at radius 1 is 1.23 bits per heavy atom. The number of ether oxygens (including phenoxy) is 4. The molecule has 1 N–H and O–H groups in total. The summed E-state index contributed by atoms with van der Waals surface area (Å²) < 4.78 is 23.4. The maximum Gasteiger partial charge on any atom is 0.262 e. The van der Waals surface area contributed by atoms with Crippen LogP contribution in [0, 0.1) is 13.0 Å². The van der Waals surface area contributed by atoms with Gasteiger partial charge in [0.05, 0.1) is 5.69 Å². The number of carbonyl (C=O) groups is 1. The number of fused-ring (bicyclic) bond motifs is 2. The molecule has 155 valence electrons. The Balaban J connectivity index is 0.00000218. The molecule has 1 radical (unpaired) electrons. The predicted octanol–water partition coefficient (Wildman–Crippen LogP) is 2.29. The van der Waals surface area contributed by atoms with Crippen LogP contribution >= 0.6 is 0 Å². The molecule has 0 bridgehead atoms. The summed E-state index contributed by atoms with van der Waals surface area (Å²) in [5.41, 5.74) is 1.44. The van der Waals surface area contributed by atoms with E-state index in [1.165, 1.54) is 0 Å². The van der Waals surface area contributed by atoms with Crippen LogP contribution in [0.2, 0.25) is 0 Å². The first-order chi connectivity index (χ1) is 14.1. The minimum Gasteiger partial charge on any atom is -0.508 e. The quantitative estimate of drug-likeness (QED) is 0.674. The molecular formula is C22H22N2O5Y-2. The third-order valence-corrected chi connectivity index (χ3v) is 5.22. The average molecular weight is 483 g/mol. The van der Waals surface area contributed by atoms with Crippen molar-refractivity contribution in [3.8, 4) is 23.0 Å². The van der Waals surface area contributed by atoms with Gasteiger partial charge in [-0.2, -0.15) is 0 Å². The van der Waals surface area contributed by atoms with E-state index in [-0.39, 0.29) is 57.4 Å². The third kappa shape index (κ3) is 4.69. The van der Waals surface area contributed by atoms with Crippen LogP contribution in [-0.4, -0.2) is 55.9 Å². The fourth-order valence-corrected chi connectivity index (χ4v) is 3.85. The Morgan fingerprint density at radius 3 is 3.00 bits per heavy atom. The fourth-order valence-electron chi connectivity index (χ4n) is 3.85.